The van der Waals surface area contributed by atoms with Gasteiger partial charge in [0.1, 0.15) is 11.4 Å². The second-order valence-electron chi connectivity index (χ2n) is 8.16. The lowest BCUT2D eigenvalue weighted by Gasteiger charge is -2.12. The largest absolute Gasteiger partial charge is 0.268 e. The third-order valence-corrected chi connectivity index (χ3v) is 5.91. The summed E-state index contributed by atoms with van der Waals surface area (Å²) in [5.74, 6) is 0. The highest BCUT2D eigenvalue weighted by molar-refractivity contribution is 5.88. The topological polar surface area (TPSA) is 61.4 Å². The van der Waals surface area contributed by atoms with Crippen LogP contribution in [0, 0.1) is 0 Å². The van der Waals surface area contributed by atoms with E-state index in [2.05, 4.69) is 46.4 Å². The number of pyridine rings is 2. The molecule has 0 amide bonds. The van der Waals surface area contributed by atoms with Gasteiger partial charge >= 0.3 is 0 Å². The van der Waals surface area contributed by atoms with E-state index in [1.165, 1.54) is 21.9 Å². The van der Waals surface area contributed by atoms with E-state index in [0.29, 0.717) is 13.1 Å². The Hall–Kier alpha value is -4.58. The molecular weight excluding hydrogens is 420 g/mol. The van der Waals surface area contributed by atoms with Crippen molar-refractivity contribution in [1.29, 1.82) is 0 Å². The number of benzene rings is 2. The first-order chi connectivity index (χ1) is 16.8. The van der Waals surface area contributed by atoms with Gasteiger partial charge < -0.3 is 0 Å². The van der Waals surface area contributed by atoms with E-state index in [1.807, 2.05) is 70.3 Å². The Kier molecular flexibility index (Phi) is 5.16. The molecule has 0 N–H and O–H groups in total. The normalized spacial score (nSPS) is 11.2. The summed E-state index contributed by atoms with van der Waals surface area (Å²) in [5, 5.41) is 11.9. The van der Waals surface area contributed by atoms with E-state index >= 15 is 0 Å². The maximum Gasteiger partial charge on any atom is 0.111 e. The van der Waals surface area contributed by atoms with Gasteiger partial charge in [-0.2, -0.15) is 10.2 Å². The van der Waals surface area contributed by atoms with Crippen molar-refractivity contribution in [3.05, 3.63) is 121 Å². The maximum atomic E-state index is 4.74. The molecule has 0 saturated heterocycles. The van der Waals surface area contributed by atoms with E-state index in [4.69, 9.17) is 10.2 Å². The molecule has 2 aromatic carbocycles. The van der Waals surface area contributed by atoms with Gasteiger partial charge in [0.05, 0.1) is 24.5 Å². The van der Waals surface area contributed by atoms with Crippen LogP contribution in [-0.4, -0.2) is 29.5 Å². The summed E-state index contributed by atoms with van der Waals surface area (Å²) in [6.45, 7) is 1.39. The molecule has 6 nitrogen and oxygen atoms in total. The molecule has 0 aliphatic rings. The molecule has 6 heteroatoms. The lowest BCUT2D eigenvalue weighted by Crippen LogP contribution is -2.05. The first kappa shape index (κ1) is 20.1. The van der Waals surface area contributed by atoms with Gasteiger partial charge in [-0.15, -0.1) is 0 Å². The fourth-order valence-corrected chi connectivity index (χ4v) is 4.25. The number of hydrogen-bond donors (Lipinski definition) is 0. The molecule has 34 heavy (non-hydrogen) atoms. The first-order valence-corrected chi connectivity index (χ1v) is 11.2. The molecule has 6 aromatic rings. The molecule has 0 spiro atoms. The van der Waals surface area contributed by atoms with Crippen LogP contribution in [0.3, 0.4) is 0 Å². The van der Waals surface area contributed by atoms with Crippen molar-refractivity contribution in [2.75, 3.05) is 0 Å². The quantitative estimate of drug-likeness (QED) is 0.344. The molecule has 0 aliphatic carbocycles. The van der Waals surface area contributed by atoms with Crippen molar-refractivity contribution in [1.82, 2.24) is 29.5 Å². The molecule has 6 rings (SSSR count). The van der Waals surface area contributed by atoms with Gasteiger partial charge in [-0.05, 0) is 58.3 Å². The average molecular weight is 443 g/mol. The molecule has 0 fully saturated rings. The summed E-state index contributed by atoms with van der Waals surface area (Å²) < 4.78 is 3.94. The summed E-state index contributed by atoms with van der Waals surface area (Å²) in [6.07, 6.45) is 7.60. The molecule has 0 atom stereocenters. The molecule has 0 bridgehead atoms. The Morgan fingerprint density at radius 3 is 1.38 bits per heavy atom. The van der Waals surface area contributed by atoms with Crippen LogP contribution in [0.4, 0.5) is 0 Å². The summed E-state index contributed by atoms with van der Waals surface area (Å²) in [4.78, 5) is 8.81. The fraction of sp³-hybridized carbons (Fsp3) is 0.0714. The smallest absolute Gasteiger partial charge is 0.111 e. The zero-order chi connectivity index (χ0) is 22.7. The summed E-state index contributed by atoms with van der Waals surface area (Å²) in [5.41, 5.74) is 5.97. The minimum Gasteiger partial charge on any atom is -0.268 e. The molecular formula is C28H22N6. The minimum atomic E-state index is 0.694. The Balaban J connectivity index is 1.28. The lowest BCUT2D eigenvalue weighted by molar-refractivity contribution is 0.686. The Bertz CT molecular complexity index is 1430. The Morgan fingerprint density at radius 1 is 0.471 bits per heavy atom. The van der Waals surface area contributed by atoms with Crippen LogP contribution < -0.4 is 0 Å². The highest BCUT2D eigenvalue weighted by Gasteiger charge is 2.10. The average Bonchev–Trinajstić information content (AvgIpc) is 3.57. The second-order valence-corrected chi connectivity index (χ2v) is 8.16. The van der Waals surface area contributed by atoms with Crippen LogP contribution in [0.2, 0.25) is 0 Å². The van der Waals surface area contributed by atoms with Crippen LogP contribution >= 0.6 is 0 Å². The van der Waals surface area contributed by atoms with Gasteiger partial charge in [0.2, 0.25) is 0 Å². The standard InChI is InChI=1S/C28H22N6/c1-2-8-24-22(20-34-18-14-28(32-34)26-10-4-6-16-30-26)12-11-21(23(24)7-1)19-33-17-13-27(31-33)25-9-3-5-15-29-25/h1-18H,19-20H2. The van der Waals surface area contributed by atoms with Gasteiger partial charge in [-0.25, -0.2) is 0 Å². The van der Waals surface area contributed by atoms with Crippen LogP contribution in [0.1, 0.15) is 11.1 Å². The Morgan fingerprint density at radius 2 is 0.941 bits per heavy atom. The number of rotatable bonds is 6. The predicted molar refractivity (Wildman–Crippen MR) is 133 cm³/mol. The molecule has 4 heterocycles. The first-order valence-electron chi connectivity index (χ1n) is 11.2. The summed E-state index contributed by atoms with van der Waals surface area (Å²) in [6, 6.07) is 28.7. The monoisotopic (exact) mass is 442 g/mol. The van der Waals surface area contributed by atoms with E-state index in [-0.39, 0.29) is 0 Å². The van der Waals surface area contributed by atoms with Crippen LogP contribution in [0.15, 0.2) is 110 Å². The molecule has 0 saturated carbocycles. The van der Waals surface area contributed by atoms with E-state index in [9.17, 15) is 0 Å². The summed E-state index contributed by atoms with van der Waals surface area (Å²) >= 11 is 0. The third-order valence-electron chi connectivity index (χ3n) is 5.91. The van der Waals surface area contributed by atoms with Gasteiger partial charge in [0, 0.05) is 24.8 Å². The number of hydrogen-bond acceptors (Lipinski definition) is 4. The lowest BCUT2D eigenvalue weighted by atomic mass is 9.99. The summed E-state index contributed by atoms with van der Waals surface area (Å²) in [7, 11) is 0. The molecule has 164 valence electrons. The van der Waals surface area contributed by atoms with E-state index < -0.39 is 0 Å². The highest BCUT2D eigenvalue weighted by atomic mass is 15.3. The number of fused-ring (bicyclic) bond motifs is 1. The van der Waals surface area contributed by atoms with Gasteiger partial charge in [-0.3, -0.25) is 19.3 Å². The van der Waals surface area contributed by atoms with Crippen molar-refractivity contribution >= 4 is 10.8 Å². The Labute approximate surface area is 197 Å². The van der Waals surface area contributed by atoms with Crippen molar-refractivity contribution in [3.8, 4) is 22.8 Å². The van der Waals surface area contributed by atoms with Gasteiger partial charge in [-0.1, -0.05) is 48.5 Å². The van der Waals surface area contributed by atoms with Gasteiger partial charge in [0.15, 0.2) is 0 Å². The van der Waals surface area contributed by atoms with Crippen molar-refractivity contribution < 1.29 is 0 Å². The number of aromatic nitrogens is 6. The minimum absolute atomic E-state index is 0.694. The zero-order valence-electron chi connectivity index (χ0n) is 18.5. The van der Waals surface area contributed by atoms with E-state index in [1.54, 1.807) is 12.4 Å². The van der Waals surface area contributed by atoms with Crippen LogP contribution in [0.5, 0.6) is 0 Å². The molecule has 4 aromatic heterocycles. The van der Waals surface area contributed by atoms with Crippen molar-refractivity contribution in [2.45, 2.75) is 13.1 Å². The number of nitrogens with zero attached hydrogens (tertiary/aromatic N) is 6. The molecule has 0 radical (unpaired) electrons. The highest BCUT2D eigenvalue weighted by Crippen LogP contribution is 2.25. The fourth-order valence-electron chi connectivity index (χ4n) is 4.25. The van der Waals surface area contributed by atoms with Crippen LogP contribution in [0.25, 0.3) is 33.5 Å². The van der Waals surface area contributed by atoms with Crippen molar-refractivity contribution in [2.24, 2.45) is 0 Å². The maximum absolute atomic E-state index is 4.74. The van der Waals surface area contributed by atoms with Crippen LogP contribution in [-0.2, 0) is 13.1 Å². The van der Waals surface area contributed by atoms with Gasteiger partial charge in [0.25, 0.3) is 0 Å². The van der Waals surface area contributed by atoms with Crippen molar-refractivity contribution in [3.63, 3.8) is 0 Å². The predicted octanol–water partition coefficient (Wildman–Crippen LogP) is 5.45. The SMILES string of the molecule is c1ccc(-c2ccn(Cc3ccc(Cn4ccc(-c5ccccn5)n4)c4ccccc34)n2)nc1. The second kappa shape index (κ2) is 8.75. The molecule has 0 unspecified atom stereocenters. The van der Waals surface area contributed by atoms with E-state index in [0.717, 1.165) is 22.8 Å². The zero-order valence-corrected chi connectivity index (χ0v) is 18.5. The molecule has 0 aliphatic heterocycles. The third kappa shape index (κ3) is 3.97.